The summed E-state index contributed by atoms with van der Waals surface area (Å²) in [6.45, 7) is 28.0. The van der Waals surface area contributed by atoms with Crippen molar-refractivity contribution in [1.29, 1.82) is 0 Å². The zero-order valence-corrected chi connectivity index (χ0v) is 18.3. The maximum absolute atomic E-state index is 14.5. The first-order valence-electron chi connectivity index (χ1n) is 9.30. The van der Waals surface area contributed by atoms with Crippen LogP contribution in [0.4, 0.5) is 17.6 Å². The summed E-state index contributed by atoms with van der Waals surface area (Å²) in [5.41, 5.74) is -0.194. The largest absolute Gasteiger partial charge is 0.203 e. The molecule has 0 saturated carbocycles. The Labute approximate surface area is 178 Å². The molecule has 30 heavy (non-hydrogen) atoms. The quantitative estimate of drug-likeness (QED) is 0.232. The molecule has 0 heterocycles. The molecule has 162 valence electrons. The molecule has 0 aliphatic rings. The lowest BCUT2D eigenvalue weighted by atomic mass is 9.99. The number of halogens is 4. The molecule has 0 bridgehead atoms. The molecule has 0 aromatic carbocycles. The van der Waals surface area contributed by atoms with Gasteiger partial charge in [0.15, 0.2) is 23.3 Å². The van der Waals surface area contributed by atoms with Crippen LogP contribution in [-0.4, -0.2) is 0 Å². The Morgan fingerprint density at radius 2 is 1.03 bits per heavy atom. The summed E-state index contributed by atoms with van der Waals surface area (Å²) in [5, 5.41) is 0. The van der Waals surface area contributed by atoms with Crippen LogP contribution in [0.15, 0.2) is 120 Å². The minimum atomic E-state index is -1.20. The number of hydrogen-bond donors (Lipinski definition) is 0. The fourth-order valence-electron chi connectivity index (χ4n) is 1.98. The van der Waals surface area contributed by atoms with Crippen LogP contribution in [0.1, 0.15) is 34.1 Å². The molecule has 0 saturated heterocycles. The predicted octanol–water partition coefficient (Wildman–Crippen LogP) is 9.19. The summed E-state index contributed by atoms with van der Waals surface area (Å²) in [6.07, 6.45) is 5.02. The Morgan fingerprint density at radius 3 is 1.40 bits per heavy atom. The lowest BCUT2D eigenvalue weighted by Crippen LogP contribution is -1.94. The smallest absolute Gasteiger partial charge is 0.166 e. The van der Waals surface area contributed by atoms with Gasteiger partial charge in [0.25, 0.3) is 0 Å². The van der Waals surface area contributed by atoms with Crippen molar-refractivity contribution in [2.24, 2.45) is 5.92 Å². The highest BCUT2D eigenvalue weighted by Gasteiger charge is 2.16. The maximum atomic E-state index is 14.5. The molecule has 0 aromatic heterocycles. The Balaban J connectivity index is 5.46. The monoisotopic (exact) mass is 418 g/mol. The van der Waals surface area contributed by atoms with Crippen LogP contribution in [0.2, 0.25) is 0 Å². The van der Waals surface area contributed by atoms with Gasteiger partial charge in [0.05, 0.1) is 0 Å². The maximum Gasteiger partial charge on any atom is 0.166 e. The van der Waals surface area contributed by atoms with Gasteiger partial charge in [0, 0.05) is 16.7 Å². The second kappa shape index (κ2) is 12.0. The number of hydrogen-bond acceptors (Lipinski definition) is 0. The standard InChI is InChI=1S/C26H30F4/c1-15(2)11-12-17(5)21(9)25(29)26(30)22(10)19(7)14-13-18(6)20(8)24(28)23(27)16(3)4/h12-15H,3,6-11H2,1-2,4-5H3/b14-13-,17-12+,24-23-,26-25-. The van der Waals surface area contributed by atoms with E-state index in [4.69, 9.17) is 0 Å². The summed E-state index contributed by atoms with van der Waals surface area (Å²) < 4.78 is 56.6. The molecular weight excluding hydrogens is 388 g/mol. The van der Waals surface area contributed by atoms with E-state index in [1.807, 2.05) is 13.8 Å². The van der Waals surface area contributed by atoms with Gasteiger partial charge in [-0.2, -0.15) is 0 Å². The van der Waals surface area contributed by atoms with E-state index >= 15 is 0 Å². The molecule has 0 fully saturated rings. The molecule has 0 unspecified atom stereocenters. The zero-order valence-electron chi connectivity index (χ0n) is 18.3. The van der Waals surface area contributed by atoms with Gasteiger partial charge in [-0.05, 0) is 48.5 Å². The number of allylic oxidation sites excluding steroid dienone is 14. The fraction of sp³-hybridized carbons (Fsp3) is 0.231. The molecule has 0 spiro atoms. The highest BCUT2D eigenvalue weighted by molar-refractivity contribution is 5.55. The van der Waals surface area contributed by atoms with Gasteiger partial charge in [0.2, 0.25) is 0 Å². The lowest BCUT2D eigenvalue weighted by molar-refractivity contribution is 0.558. The summed E-state index contributed by atoms with van der Waals surface area (Å²) in [4.78, 5) is 0. The van der Waals surface area contributed by atoms with Crippen molar-refractivity contribution in [3.63, 3.8) is 0 Å². The normalized spacial score (nSPS) is 13.7. The van der Waals surface area contributed by atoms with E-state index in [-0.39, 0.29) is 33.4 Å². The molecule has 0 N–H and O–H groups in total. The first-order valence-corrected chi connectivity index (χ1v) is 9.30. The van der Waals surface area contributed by atoms with Gasteiger partial charge < -0.3 is 0 Å². The van der Waals surface area contributed by atoms with Crippen molar-refractivity contribution in [3.05, 3.63) is 120 Å². The van der Waals surface area contributed by atoms with E-state index in [1.54, 1.807) is 13.0 Å². The summed E-state index contributed by atoms with van der Waals surface area (Å²) in [7, 11) is 0. The van der Waals surface area contributed by atoms with Gasteiger partial charge in [-0.15, -0.1) is 0 Å². The van der Waals surface area contributed by atoms with E-state index in [2.05, 4.69) is 39.5 Å². The average Bonchev–Trinajstić information content (AvgIpc) is 2.71. The second-order valence-corrected chi connectivity index (χ2v) is 7.37. The van der Waals surface area contributed by atoms with Gasteiger partial charge >= 0.3 is 0 Å². The Bertz CT molecular complexity index is 899. The fourth-order valence-corrected chi connectivity index (χ4v) is 1.98. The average molecular weight is 419 g/mol. The first-order chi connectivity index (χ1) is 13.7. The van der Waals surface area contributed by atoms with Crippen LogP contribution in [0.5, 0.6) is 0 Å². The Kier molecular flexibility index (Phi) is 10.8. The van der Waals surface area contributed by atoms with Gasteiger partial charge in [-0.3, -0.25) is 0 Å². The summed E-state index contributed by atoms with van der Waals surface area (Å²) in [5.74, 6) is -4.29. The van der Waals surface area contributed by atoms with Gasteiger partial charge in [-0.25, -0.2) is 17.6 Å². The van der Waals surface area contributed by atoms with Crippen LogP contribution in [0.3, 0.4) is 0 Å². The van der Waals surface area contributed by atoms with Crippen LogP contribution in [0.25, 0.3) is 0 Å². The van der Waals surface area contributed by atoms with Crippen LogP contribution >= 0.6 is 0 Å². The molecule has 0 rings (SSSR count). The zero-order chi connectivity index (χ0) is 23.8. The third-order valence-corrected chi connectivity index (χ3v) is 4.19. The molecule has 0 nitrogen and oxygen atoms in total. The highest BCUT2D eigenvalue weighted by atomic mass is 19.2. The lowest BCUT2D eigenvalue weighted by Gasteiger charge is -2.09. The van der Waals surface area contributed by atoms with Gasteiger partial charge in [0.1, 0.15) is 0 Å². The topological polar surface area (TPSA) is 0 Å². The van der Waals surface area contributed by atoms with E-state index in [0.717, 1.165) is 0 Å². The predicted molar refractivity (Wildman–Crippen MR) is 121 cm³/mol. The minimum Gasteiger partial charge on any atom is -0.203 e. The molecule has 0 atom stereocenters. The molecule has 0 aromatic rings. The van der Waals surface area contributed by atoms with E-state index < -0.39 is 23.3 Å². The molecule has 0 radical (unpaired) electrons. The molecule has 0 aliphatic heterocycles. The number of rotatable bonds is 11. The third kappa shape index (κ3) is 7.86. The van der Waals surface area contributed by atoms with Crippen molar-refractivity contribution in [3.8, 4) is 0 Å². The first kappa shape index (κ1) is 27.1. The van der Waals surface area contributed by atoms with Gasteiger partial charge in [-0.1, -0.05) is 71.5 Å². The van der Waals surface area contributed by atoms with E-state index in [9.17, 15) is 17.6 Å². The van der Waals surface area contributed by atoms with Crippen molar-refractivity contribution < 1.29 is 17.6 Å². The van der Waals surface area contributed by atoms with Crippen LogP contribution in [0, 0.1) is 5.92 Å². The molecule has 0 amide bonds. The highest BCUT2D eigenvalue weighted by Crippen LogP contribution is 2.31. The molecule has 0 aliphatic carbocycles. The van der Waals surface area contributed by atoms with Crippen molar-refractivity contribution >= 4 is 0 Å². The molecular formula is C26H30F4. The minimum absolute atomic E-state index is 0.0259. The van der Waals surface area contributed by atoms with Crippen LogP contribution < -0.4 is 0 Å². The van der Waals surface area contributed by atoms with Crippen molar-refractivity contribution in [2.75, 3.05) is 0 Å². The third-order valence-electron chi connectivity index (χ3n) is 4.19. The van der Waals surface area contributed by atoms with Crippen molar-refractivity contribution in [1.82, 2.24) is 0 Å². The second-order valence-electron chi connectivity index (χ2n) is 7.37. The van der Waals surface area contributed by atoms with E-state index in [1.165, 1.54) is 19.1 Å². The SMILES string of the molecule is C=C(/C=C\C(=C)C(=C)/C(F)=C(/F)C(=C)/C(C)=C/CC(C)C)C(=C)/C(F)=C(/F)C(=C)C. The summed E-state index contributed by atoms with van der Waals surface area (Å²) in [6, 6.07) is 0. The van der Waals surface area contributed by atoms with Crippen LogP contribution in [-0.2, 0) is 0 Å². The summed E-state index contributed by atoms with van der Waals surface area (Å²) >= 11 is 0. The van der Waals surface area contributed by atoms with E-state index in [0.29, 0.717) is 17.9 Å². The van der Waals surface area contributed by atoms with Crippen molar-refractivity contribution in [2.45, 2.75) is 34.1 Å². The Hall–Kier alpha value is -2.88. The molecule has 4 heteroatoms. The Morgan fingerprint density at radius 1 is 0.667 bits per heavy atom.